The van der Waals surface area contributed by atoms with Crippen LogP contribution in [0.4, 0.5) is 4.79 Å². The predicted octanol–water partition coefficient (Wildman–Crippen LogP) is 2.47. The Morgan fingerprint density at radius 2 is 1.87 bits per heavy atom. The lowest BCUT2D eigenvalue weighted by Gasteiger charge is -2.35. The second kappa shape index (κ2) is 5.38. The van der Waals surface area contributed by atoms with Crippen LogP contribution in [-0.2, 0) is 0 Å². The molecule has 0 saturated heterocycles. The van der Waals surface area contributed by atoms with E-state index in [4.69, 9.17) is 0 Å². The second-order valence-corrected chi connectivity index (χ2v) is 5.14. The number of hydrogen-bond donors (Lipinski definition) is 1. The van der Waals surface area contributed by atoms with Crippen LogP contribution in [0.1, 0.15) is 39.5 Å². The van der Waals surface area contributed by atoms with E-state index in [0.29, 0.717) is 17.9 Å². The molecule has 1 fully saturated rings. The Balaban J connectivity index is 2.53. The Hall–Kier alpha value is -0.730. The highest BCUT2D eigenvalue weighted by atomic mass is 16.2. The van der Waals surface area contributed by atoms with Gasteiger partial charge in [-0.05, 0) is 24.7 Å². The zero-order valence-corrected chi connectivity index (χ0v) is 10.4. The molecule has 1 N–H and O–H groups in total. The molecule has 0 aromatic heterocycles. The van der Waals surface area contributed by atoms with Crippen molar-refractivity contribution in [3.63, 3.8) is 0 Å². The molecule has 0 heterocycles. The molecular weight excluding hydrogens is 188 g/mol. The molecule has 1 rings (SSSR count). The van der Waals surface area contributed by atoms with Crippen molar-refractivity contribution in [2.24, 2.45) is 11.8 Å². The second-order valence-electron chi connectivity index (χ2n) is 5.14. The summed E-state index contributed by atoms with van der Waals surface area (Å²) in [6.45, 7) is 4.51. The van der Waals surface area contributed by atoms with Crippen molar-refractivity contribution in [3.05, 3.63) is 0 Å². The molecule has 1 saturated carbocycles. The van der Waals surface area contributed by atoms with E-state index < -0.39 is 0 Å². The highest BCUT2D eigenvalue weighted by molar-refractivity contribution is 5.73. The van der Waals surface area contributed by atoms with E-state index in [1.165, 1.54) is 19.3 Å². The number of carbonyl (C=O) groups excluding carboxylic acids is 1. The van der Waals surface area contributed by atoms with Crippen LogP contribution in [0.2, 0.25) is 0 Å². The zero-order valence-electron chi connectivity index (χ0n) is 10.4. The van der Waals surface area contributed by atoms with E-state index in [1.54, 1.807) is 19.0 Å². The third-order valence-corrected chi connectivity index (χ3v) is 3.39. The van der Waals surface area contributed by atoms with Gasteiger partial charge in [-0.1, -0.05) is 26.7 Å². The van der Waals surface area contributed by atoms with Gasteiger partial charge in [0.1, 0.15) is 0 Å². The summed E-state index contributed by atoms with van der Waals surface area (Å²) in [5.41, 5.74) is 0. The largest absolute Gasteiger partial charge is 0.335 e. The van der Waals surface area contributed by atoms with Crippen LogP contribution in [0.5, 0.6) is 0 Å². The summed E-state index contributed by atoms with van der Waals surface area (Å²) in [5, 5.41) is 3.14. The van der Waals surface area contributed by atoms with Gasteiger partial charge in [0, 0.05) is 20.1 Å². The Labute approximate surface area is 93.2 Å². The molecule has 3 heteroatoms. The fraction of sp³-hybridized carbons (Fsp3) is 0.917. The lowest BCUT2D eigenvalue weighted by molar-refractivity contribution is 0.179. The Kier molecular flexibility index (Phi) is 4.43. The van der Waals surface area contributed by atoms with E-state index >= 15 is 0 Å². The van der Waals surface area contributed by atoms with Gasteiger partial charge in [-0.3, -0.25) is 0 Å². The minimum absolute atomic E-state index is 0.0487. The van der Waals surface area contributed by atoms with Crippen LogP contribution < -0.4 is 5.32 Å². The molecule has 0 radical (unpaired) electrons. The van der Waals surface area contributed by atoms with E-state index in [1.807, 2.05) is 0 Å². The molecule has 0 aromatic carbocycles. The van der Waals surface area contributed by atoms with Crippen LogP contribution in [0.15, 0.2) is 0 Å². The maximum absolute atomic E-state index is 11.6. The quantitative estimate of drug-likeness (QED) is 0.749. The van der Waals surface area contributed by atoms with Crippen LogP contribution in [0, 0.1) is 11.8 Å². The lowest BCUT2D eigenvalue weighted by atomic mass is 9.78. The molecule has 1 aliphatic carbocycles. The van der Waals surface area contributed by atoms with Crippen LogP contribution in [-0.4, -0.2) is 31.1 Å². The number of carbonyl (C=O) groups is 1. The average Bonchev–Trinajstić information content (AvgIpc) is 2.18. The molecule has 88 valence electrons. The monoisotopic (exact) mass is 212 g/mol. The molecule has 2 amide bonds. The molecule has 0 aliphatic heterocycles. The molecule has 0 spiro atoms. The smallest absolute Gasteiger partial charge is 0.317 e. The van der Waals surface area contributed by atoms with Crippen molar-refractivity contribution in [1.82, 2.24) is 10.2 Å². The summed E-state index contributed by atoms with van der Waals surface area (Å²) in [4.78, 5) is 13.2. The topological polar surface area (TPSA) is 32.3 Å². The van der Waals surface area contributed by atoms with E-state index in [-0.39, 0.29) is 6.03 Å². The highest BCUT2D eigenvalue weighted by Crippen LogP contribution is 2.30. The van der Waals surface area contributed by atoms with Crippen molar-refractivity contribution in [2.75, 3.05) is 14.1 Å². The number of rotatable bonds is 2. The van der Waals surface area contributed by atoms with Gasteiger partial charge in [0.15, 0.2) is 0 Å². The first-order chi connectivity index (χ1) is 7.02. The number of amides is 2. The van der Waals surface area contributed by atoms with Crippen molar-refractivity contribution in [1.29, 1.82) is 0 Å². The summed E-state index contributed by atoms with van der Waals surface area (Å²) < 4.78 is 0. The third-order valence-electron chi connectivity index (χ3n) is 3.39. The molecule has 2 atom stereocenters. The number of urea groups is 1. The Bertz CT molecular complexity index is 214. The van der Waals surface area contributed by atoms with Gasteiger partial charge in [0.05, 0.1) is 0 Å². The highest BCUT2D eigenvalue weighted by Gasteiger charge is 2.28. The SMILES string of the molecule is CC(C)C1CCCCC1NC(=O)N(C)C. The number of nitrogens with one attached hydrogen (secondary N) is 1. The molecule has 1 aliphatic rings. The first-order valence-electron chi connectivity index (χ1n) is 6.00. The maximum atomic E-state index is 11.6. The van der Waals surface area contributed by atoms with Crippen molar-refractivity contribution < 1.29 is 4.79 Å². The van der Waals surface area contributed by atoms with Gasteiger partial charge in [-0.25, -0.2) is 4.79 Å². The summed E-state index contributed by atoms with van der Waals surface area (Å²) in [5.74, 6) is 1.32. The standard InChI is InChI=1S/C12H24N2O/c1-9(2)10-7-5-6-8-11(10)13-12(15)14(3)4/h9-11H,5-8H2,1-4H3,(H,13,15). The molecule has 15 heavy (non-hydrogen) atoms. The average molecular weight is 212 g/mol. The van der Waals surface area contributed by atoms with Crippen molar-refractivity contribution in [2.45, 2.75) is 45.6 Å². The van der Waals surface area contributed by atoms with E-state index in [9.17, 15) is 4.79 Å². The first kappa shape index (κ1) is 12.3. The van der Waals surface area contributed by atoms with Crippen LogP contribution in [0.25, 0.3) is 0 Å². The van der Waals surface area contributed by atoms with Crippen LogP contribution >= 0.6 is 0 Å². The number of nitrogens with zero attached hydrogens (tertiary/aromatic N) is 1. The summed E-state index contributed by atoms with van der Waals surface area (Å²) in [6, 6.07) is 0.432. The van der Waals surface area contributed by atoms with Gasteiger partial charge in [0.2, 0.25) is 0 Å². The minimum Gasteiger partial charge on any atom is -0.335 e. The third kappa shape index (κ3) is 3.40. The van der Waals surface area contributed by atoms with Gasteiger partial charge >= 0.3 is 6.03 Å². The summed E-state index contributed by atoms with van der Waals surface area (Å²) in [7, 11) is 3.59. The summed E-state index contributed by atoms with van der Waals surface area (Å²) >= 11 is 0. The van der Waals surface area contributed by atoms with E-state index in [0.717, 1.165) is 6.42 Å². The van der Waals surface area contributed by atoms with Crippen molar-refractivity contribution >= 4 is 6.03 Å². The molecule has 0 aromatic rings. The molecule has 0 bridgehead atoms. The fourth-order valence-electron chi connectivity index (χ4n) is 2.42. The molecule has 3 nitrogen and oxygen atoms in total. The maximum Gasteiger partial charge on any atom is 0.317 e. The van der Waals surface area contributed by atoms with Gasteiger partial charge in [-0.15, -0.1) is 0 Å². The fourth-order valence-corrected chi connectivity index (χ4v) is 2.42. The van der Waals surface area contributed by atoms with Gasteiger partial charge in [0.25, 0.3) is 0 Å². The van der Waals surface area contributed by atoms with E-state index in [2.05, 4.69) is 19.2 Å². The van der Waals surface area contributed by atoms with Crippen LogP contribution in [0.3, 0.4) is 0 Å². The zero-order chi connectivity index (χ0) is 11.4. The van der Waals surface area contributed by atoms with Gasteiger partial charge < -0.3 is 10.2 Å². The predicted molar refractivity (Wildman–Crippen MR) is 62.8 cm³/mol. The van der Waals surface area contributed by atoms with Gasteiger partial charge in [-0.2, -0.15) is 0 Å². The Morgan fingerprint density at radius 1 is 1.27 bits per heavy atom. The normalized spacial score (nSPS) is 26.5. The van der Waals surface area contributed by atoms with Crippen molar-refractivity contribution in [3.8, 4) is 0 Å². The molecule has 2 unspecified atom stereocenters. The number of hydrogen-bond acceptors (Lipinski definition) is 1. The molecular formula is C12H24N2O. The first-order valence-corrected chi connectivity index (χ1v) is 6.00. The lowest BCUT2D eigenvalue weighted by Crippen LogP contribution is -2.47. The summed E-state index contributed by atoms with van der Waals surface area (Å²) in [6.07, 6.45) is 4.97. The minimum atomic E-state index is 0.0487. The Morgan fingerprint density at radius 3 is 2.40 bits per heavy atom.